The molecule has 1 heterocycles. The third-order valence-electron chi connectivity index (χ3n) is 4.82. The fraction of sp³-hybridized carbons (Fsp3) is 0.0870. The van der Waals surface area contributed by atoms with E-state index in [9.17, 15) is 13.7 Å². The van der Waals surface area contributed by atoms with Gasteiger partial charge in [0.2, 0.25) is 9.84 Å². The van der Waals surface area contributed by atoms with Crippen LogP contribution in [0.5, 0.6) is 0 Å². The van der Waals surface area contributed by atoms with Gasteiger partial charge in [0.25, 0.3) is 0 Å². The Morgan fingerprint density at radius 3 is 2.14 bits per heavy atom. The van der Waals surface area contributed by atoms with Crippen LogP contribution in [0.3, 0.4) is 0 Å². The Morgan fingerprint density at radius 1 is 0.857 bits per heavy atom. The topological polar surface area (TPSA) is 62.9 Å². The van der Waals surface area contributed by atoms with Crippen LogP contribution >= 0.6 is 0 Å². The molecule has 0 amide bonds. The maximum Gasteiger partial charge on any atom is 0.206 e. The molecule has 0 saturated carbocycles. The van der Waals surface area contributed by atoms with Gasteiger partial charge in [0.1, 0.15) is 6.04 Å². The van der Waals surface area contributed by atoms with E-state index < -0.39 is 9.84 Å². The van der Waals surface area contributed by atoms with E-state index >= 15 is 0 Å². The minimum Gasteiger partial charge on any atom is -0.324 e. The van der Waals surface area contributed by atoms with E-state index in [2.05, 4.69) is 6.07 Å². The summed E-state index contributed by atoms with van der Waals surface area (Å²) in [6.07, 6.45) is 0. The molecule has 4 rings (SSSR count). The van der Waals surface area contributed by atoms with Crippen LogP contribution in [0.25, 0.3) is 22.2 Å². The van der Waals surface area contributed by atoms with Gasteiger partial charge in [-0.2, -0.15) is 5.26 Å². The van der Waals surface area contributed by atoms with Crippen molar-refractivity contribution in [3.05, 3.63) is 84.9 Å². The van der Waals surface area contributed by atoms with Gasteiger partial charge in [-0.05, 0) is 48.9 Å². The summed E-state index contributed by atoms with van der Waals surface area (Å²) < 4.78 is 27.9. The monoisotopic (exact) mass is 386 g/mol. The molecule has 5 heteroatoms. The summed E-state index contributed by atoms with van der Waals surface area (Å²) in [5, 5.41) is 10.3. The molecule has 138 valence electrons. The van der Waals surface area contributed by atoms with Crippen molar-refractivity contribution >= 4 is 20.7 Å². The number of nitrogens with zero attached hydrogens (tertiary/aromatic N) is 2. The van der Waals surface area contributed by atoms with Gasteiger partial charge in [-0.3, -0.25) is 0 Å². The summed E-state index contributed by atoms with van der Waals surface area (Å²) in [5.74, 6) is 0. The number of rotatable bonds is 4. The highest BCUT2D eigenvalue weighted by molar-refractivity contribution is 7.91. The molecule has 0 aliphatic heterocycles. The fourth-order valence-electron chi connectivity index (χ4n) is 3.42. The van der Waals surface area contributed by atoms with Gasteiger partial charge < -0.3 is 4.57 Å². The SMILES string of the molecule is CC(C#N)n1c(-c2ccccc2)cc2cc(S(=O)(=O)c3ccccc3)ccc21. The molecule has 0 radical (unpaired) electrons. The van der Waals surface area contributed by atoms with Crippen molar-refractivity contribution in [2.24, 2.45) is 0 Å². The normalized spacial score (nSPS) is 12.6. The molecule has 0 fully saturated rings. The number of hydrogen-bond donors (Lipinski definition) is 0. The van der Waals surface area contributed by atoms with E-state index in [1.54, 1.807) is 48.5 Å². The summed E-state index contributed by atoms with van der Waals surface area (Å²) in [6, 6.07) is 27.1. The Kier molecular flexibility index (Phi) is 4.50. The number of aromatic nitrogens is 1. The summed E-state index contributed by atoms with van der Waals surface area (Å²) in [6.45, 7) is 1.83. The van der Waals surface area contributed by atoms with Crippen molar-refractivity contribution in [1.29, 1.82) is 5.26 Å². The first-order valence-electron chi connectivity index (χ1n) is 8.92. The third-order valence-corrected chi connectivity index (χ3v) is 6.59. The molecule has 3 aromatic carbocycles. The van der Waals surface area contributed by atoms with E-state index in [1.165, 1.54) is 0 Å². The highest BCUT2D eigenvalue weighted by atomic mass is 32.2. The first kappa shape index (κ1) is 18.0. The predicted molar refractivity (Wildman–Crippen MR) is 110 cm³/mol. The second-order valence-electron chi connectivity index (χ2n) is 6.61. The molecule has 0 saturated heterocycles. The minimum absolute atomic E-state index is 0.243. The average Bonchev–Trinajstić information content (AvgIpc) is 3.13. The van der Waals surface area contributed by atoms with E-state index in [1.807, 2.05) is 47.9 Å². The zero-order valence-corrected chi connectivity index (χ0v) is 16.1. The molecule has 1 atom stereocenters. The van der Waals surface area contributed by atoms with Crippen LogP contribution < -0.4 is 0 Å². The second kappa shape index (κ2) is 6.99. The first-order chi connectivity index (χ1) is 13.5. The Hall–Kier alpha value is -3.36. The van der Waals surface area contributed by atoms with Crippen LogP contribution in [-0.2, 0) is 9.84 Å². The molecule has 4 nitrogen and oxygen atoms in total. The van der Waals surface area contributed by atoms with Gasteiger partial charge in [-0.1, -0.05) is 48.5 Å². The maximum absolute atomic E-state index is 13.0. The Balaban J connectivity index is 1.94. The molecule has 0 N–H and O–H groups in total. The lowest BCUT2D eigenvalue weighted by Gasteiger charge is -2.13. The Labute approximate surface area is 164 Å². The number of fused-ring (bicyclic) bond motifs is 1. The highest BCUT2D eigenvalue weighted by Crippen LogP contribution is 2.33. The summed E-state index contributed by atoms with van der Waals surface area (Å²) in [7, 11) is -3.60. The molecule has 0 bridgehead atoms. The van der Waals surface area contributed by atoms with Crippen LogP contribution in [-0.4, -0.2) is 13.0 Å². The van der Waals surface area contributed by atoms with E-state index in [-0.39, 0.29) is 15.8 Å². The molecule has 28 heavy (non-hydrogen) atoms. The van der Waals surface area contributed by atoms with Gasteiger partial charge >= 0.3 is 0 Å². The van der Waals surface area contributed by atoms with Crippen LogP contribution in [0.2, 0.25) is 0 Å². The van der Waals surface area contributed by atoms with Crippen molar-refractivity contribution in [3.63, 3.8) is 0 Å². The first-order valence-corrected chi connectivity index (χ1v) is 10.4. The Morgan fingerprint density at radius 2 is 1.50 bits per heavy atom. The lowest BCUT2D eigenvalue weighted by atomic mass is 10.1. The average molecular weight is 386 g/mol. The van der Waals surface area contributed by atoms with E-state index in [4.69, 9.17) is 0 Å². The van der Waals surface area contributed by atoms with Crippen LogP contribution in [0.1, 0.15) is 13.0 Å². The van der Waals surface area contributed by atoms with Gasteiger partial charge in [0.05, 0.1) is 21.6 Å². The maximum atomic E-state index is 13.0. The standard InChI is InChI=1S/C23H18N2O2S/c1-17(16-24)25-22-13-12-21(28(26,27)20-10-6-3-7-11-20)14-19(22)15-23(25)18-8-4-2-5-9-18/h2-15,17H,1H3. The zero-order valence-electron chi connectivity index (χ0n) is 15.3. The molecule has 0 aliphatic carbocycles. The summed E-state index contributed by atoms with van der Waals surface area (Å²) in [5.41, 5.74) is 2.70. The van der Waals surface area contributed by atoms with Crippen molar-refractivity contribution < 1.29 is 8.42 Å². The van der Waals surface area contributed by atoms with Gasteiger partial charge in [0.15, 0.2) is 0 Å². The number of nitriles is 1. The van der Waals surface area contributed by atoms with Gasteiger partial charge in [-0.25, -0.2) is 8.42 Å². The molecule has 0 aliphatic rings. The summed E-state index contributed by atoms with van der Waals surface area (Å²) in [4.78, 5) is 0.509. The van der Waals surface area contributed by atoms with Crippen LogP contribution in [0.4, 0.5) is 0 Å². The third kappa shape index (κ3) is 2.98. The second-order valence-corrected chi connectivity index (χ2v) is 8.56. The van der Waals surface area contributed by atoms with E-state index in [0.717, 1.165) is 22.2 Å². The highest BCUT2D eigenvalue weighted by Gasteiger charge is 2.20. The summed E-state index contributed by atoms with van der Waals surface area (Å²) >= 11 is 0. The Bertz CT molecular complexity index is 1290. The smallest absolute Gasteiger partial charge is 0.206 e. The molecular weight excluding hydrogens is 368 g/mol. The van der Waals surface area contributed by atoms with Crippen molar-refractivity contribution in [2.75, 3.05) is 0 Å². The fourth-order valence-corrected chi connectivity index (χ4v) is 4.74. The van der Waals surface area contributed by atoms with Crippen molar-refractivity contribution in [1.82, 2.24) is 4.57 Å². The van der Waals surface area contributed by atoms with Crippen LogP contribution in [0.15, 0.2) is 94.7 Å². The quantitative estimate of drug-likeness (QED) is 0.483. The van der Waals surface area contributed by atoms with Crippen molar-refractivity contribution in [2.45, 2.75) is 22.8 Å². The van der Waals surface area contributed by atoms with Gasteiger partial charge in [0, 0.05) is 10.9 Å². The zero-order chi connectivity index (χ0) is 19.7. The molecule has 1 unspecified atom stereocenters. The van der Waals surface area contributed by atoms with Crippen molar-refractivity contribution in [3.8, 4) is 17.3 Å². The number of hydrogen-bond acceptors (Lipinski definition) is 3. The predicted octanol–water partition coefficient (Wildman–Crippen LogP) is 5.23. The number of sulfone groups is 1. The van der Waals surface area contributed by atoms with Crippen LogP contribution in [0, 0.1) is 11.3 Å². The van der Waals surface area contributed by atoms with Gasteiger partial charge in [-0.15, -0.1) is 0 Å². The largest absolute Gasteiger partial charge is 0.324 e. The number of benzene rings is 3. The molecular formula is C23H18N2O2S. The molecule has 4 aromatic rings. The van der Waals surface area contributed by atoms with E-state index in [0.29, 0.717) is 0 Å². The minimum atomic E-state index is -3.60. The molecule has 0 spiro atoms. The molecule has 1 aromatic heterocycles. The lowest BCUT2D eigenvalue weighted by molar-refractivity contribution is 0.596. The lowest BCUT2D eigenvalue weighted by Crippen LogP contribution is -2.05.